The molecule has 1 aliphatic heterocycles. The van der Waals surface area contributed by atoms with Gasteiger partial charge in [-0.15, -0.1) is 0 Å². The van der Waals surface area contributed by atoms with Crippen molar-refractivity contribution in [2.45, 2.75) is 72.6 Å². The van der Waals surface area contributed by atoms with E-state index in [1.165, 1.54) is 0 Å². The van der Waals surface area contributed by atoms with E-state index in [4.69, 9.17) is 4.74 Å². The lowest BCUT2D eigenvalue weighted by molar-refractivity contribution is 0.00270. The molecule has 31 heavy (non-hydrogen) atoms. The molecule has 0 bridgehead atoms. The summed E-state index contributed by atoms with van der Waals surface area (Å²) in [7, 11) is 0. The smallest absolute Gasteiger partial charge is 0.410 e. The maximum atomic E-state index is 12.8. The van der Waals surface area contributed by atoms with Gasteiger partial charge in [0.1, 0.15) is 5.60 Å². The van der Waals surface area contributed by atoms with E-state index in [1.807, 2.05) is 48.5 Å². The Morgan fingerprint density at radius 1 is 1.13 bits per heavy atom. The minimum Gasteiger partial charge on any atom is -0.444 e. The van der Waals surface area contributed by atoms with Gasteiger partial charge in [0.2, 0.25) is 0 Å². The largest absolute Gasteiger partial charge is 0.444 e. The maximum absolute atomic E-state index is 12.8. The monoisotopic (exact) mass is 432 g/mol. The average Bonchev–Trinajstić information content (AvgIpc) is 2.61. The highest BCUT2D eigenvalue weighted by molar-refractivity contribution is 5.95. The first-order valence-corrected chi connectivity index (χ1v) is 10.7. The van der Waals surface area contributed by atoms with Crippen LogP contribution in [0.3, 0.4) is 0 Å². The average molecular weight is 433 g/mol. The second-order valence-corrected chi connectivity index (χ2v) is 10.0. The normalized spacial score (nSPS) is 18.3. The zero-order valence-corrected chi connectivity index (χ0v) is 19.7. The quantitative estimate of drug-likeness (QED) is 0.670. The van der Waals surface area contributed by atoms with Crippen LogP contribution in [-0.2, 0) is 4.74 Å². The molecule has 0 saturated carbocycles. The number of hydrogen-bond acceptors (Lipinski definition) is 4. The molecular weight excluding hydrogens is 396 g/mol. The van der Waals surface area contributed by atoms with Crippen LogP contribution in [0.5, 0.6) is 0 Å². The fraction of sp³-hybridized carbons (Fsp3) is 0.609. The molecule has 0 spiro atoms. The van der Waals surface area contributed by atoms with Crippen LogP contribution in [-0.4, -0.2) is 53.7 Å². The Hall–Kier alpha value is -2.77. The van der Waals surface area contributed by atoms with Crippen molar-refractivity contribution in [2.75, 3.05) is 18.4 Å². The first kappa shape index (κ1) is 24.5. The Kier molecular flexibility index (Phi) is 7.57. The van der Waals surface area contributed by atoms with E-state index in [0.717, 1.165) is 0 Å². The van der Waals surface area contributed by atoms with E-state index >= 15 is 0 Å². The van der Waals surface area contributed by atoms with Gasteiger partial charge in [-0.25, -0.2) is 9.59 Å². The van der Waals surface area contributed by atoms with Gasteiger partial charge >= 0.3 is 12.1 Å². The van der Waals surface area contributed by atoms with Crippen molar-refractivity contribution in [2.24, 2.45) is 5.41 Å². The summed E-state index contributed by atoms with van der Waals surface area (Å²) in [5.41, 5.74) is 0.283. The standard InChI is InChI=1S/C23H36N4O4/c1-15(2)24-20(29)25-17-10-8-16(9-11-17)19(28)26-18-12-13-27(14-23(18,6)7)21(30)31-22(3,4)5/h8-11,15,18H,12-14H2,1-7H3,(H,26,28)(H2,24,25,29). The molecule has 1 heterocycles. The fourth-order valence-electron chi connectivity index (χ4n) is 3.48. The molecule has 1 saturated heterocycles. The van der Waals surface area contributed by atoms with Gasteiger partial charge in [0.15, 0.2) is 0 Å². The summed E-state index contributed by atoms with van der Waals surface area (Å²) in [6.45, 7) is 14.4. The molecule has 1 aromatic carbocycles. The van der Waals surface area contributed by atoms with Gasteiger partial charge < -0.3 is 25.6 Å². The predicted octanol–water partition coefficient (Wildman–Crippen LogP) is 3.98. The molecule has 8 heteroatoms. The highest BCUT2D eigenvalue weighted by Crippen LogP contribution is 2.30. The maximum Gasteiger partial charge on any atom is 0.410 e. The zero-order chi connectivity index (χ0) is 23.4. The number of likely N-dealkylation sites (tertiary alicyclic amines) is 1. The van der Waals surface area contributed by atoms with Crippen molar-refractivity contribution in [3.05, 3.63) is 29.8 Å². The molecule has 172 valence electrons. The molecule has 1 aromatic rings. The third-order valence-corrected chi connectivity index (χ3v) is 5.01. The Labute approximate surface area is 185 Å². The Morgan fingerprint density at radius 2 is 1.74 bits per heavy atom. The second-order valence-electron chi connectivity index (χ2n) is 10.0. The summed E-state index contributed by atoms with van der Waals surface area (Å²) in [5.74, 6) is -0.179. The molecule has 1 atom stereocenters. The molecule has 1 unspecified atom stereocenters. The van der Waals surface area contributed by atoms with Crippen molar-refractivity contribution in [3.8, 4) is 0 Å². The van der Waals surface area contributed by atoms with Crippen LogP contribution >= 0.6 is 0 Å². The van der Waals surface area contributed by atoms with Gasteiger partial charge in [-0.05, 0) is 65.3 Å². The number of ether oxygens (including phenoxy) is 1. The number of anilines is 1. The van der Waals surface area contributed by atoms with Crippen LogP contribution in [0.2, 0.25) is 0 Å². The van der Waals surface area contributed by atoms with Gasteiger partial charge in [0.25, 0.3) is 5.91 Å². The molecule has 8 nitrogen and oxygen atoms in total. The number of piperidine rings is 1. The Bertz CT molecular complexity index is 797. The predicted molar refractivity (Wildman–Crippen MR) is 121 cm³/mol. The van der Waals surface area contributed by atoms with Crippen molar-refractivity contribution in [1.82, 2.24) is 15.5 Å². The third kappa shape index (κ3) is 7.45. The van der Waals surface area contributed by atoms with Crippen LogP contribution in [0.25, 0.3) is 0 Å². The van der Waals surface area contributed by atoms with Crippen LogP contribution in [0.4, 0.5) is 15.3 Å². The first-order valence-electron chi connectivity index (χ1n) is 10.7. The number of carbonyl (C=O) groups excluding carboxylic acids is 3. The lowest BCUT2D eigenvalue weighted by Gasteiger charge is -2.44. The van der Waals surface area contributed by atoms with Crippen LogP contribution in [0.1, 0.15) is 65.2 Å². The molecule has 2 rings (SSSR count). The van der Waals surface area contributed by atoms with E-state index in [-0.39, 0.29) is 35.5 Å². The van der Waals surface area contributed by atoms with Gasteiger partial charge in [0, 0.05) is 41.8 Å². The van der Waals surface area contributed by atoms with E-state index < -0.39 is 5.60 Å². The summed E-state index contributed by atoms with van der Waals surface area (Å²) in [5, 5.41) is 8.59. The second kappa shape index (κ2) is 9.58. The number of hydrogen-bond donors (Lipinski definition) is 3. The molecule has 1 fully saturated rings. The summed E-state index contributed by atoms with van der Waals surface area (Å²) in [4.78, 5) is 38.7. The number of rotatable bonds is 4. The molecule has 0 aromatic heterocycles. The highest BCUT2D eigenvalue weighted by atomic mass is 16.6. The summed E-state index contributed by atoms with van der Waals surface area (Å²) in [6, 6.07) is 6.44. The number of urea groups is 1. The first-order chi connectivity index (χ1) is 14.3. The lowest BCUT2D eigenvalue weighted by atomic mass is 9.79. The van der Waals surface area contributed by atoms with Crippen molar-refractivity contribution >= 4 is 23.7 Å². The van der Waals surface area contributed by atoms with Crippen molar-refractivity contribution in [1.29, 1.82) is 0 Å². The van der Waals surface area contributed by atoms with Gasteiger partial charge in [0.05, 0.1) is 0 Å². The minimum atomic E-state index is -0.539. The van der Waals surface area contributed by atoms with E-state index in [1.54, 1.807) is 29.2 Å². The van der Waals surface area contributed by atoms with E-state index in [0.29, 0.717) is 30.8 Å². The number of carbonyl (C=O) groups is 3. The molecular formula is C23H36N4O4. The number of nitrogens with zero attached hydrogens (tertiary/aromatic N) is 1. The SMILES string of the molecule is CC(C)NC(=O)Nc1ccc(C(=O)NC2CCN(C(=O)OC(C)(C)C)CC2(C)C)cc1. The number of nitrogens with one attached hydrogen (secondary N) is 3. The zero-order valence-electron chi connectivity index (χ0n) is 19.7. The molecule has 3 N–H and O–H groups in total. The minimum absolute atomic E-state index is 0.0372. The van der Waals surface area contributed by atoms with Crippen LogP contribution in [0, 0.1) is 5.41 Å². The number of benzene rings is 1. The highest BCUT2D eigenvalue weighted by Gasteiger charge is 2.39. The Morgan fingerprint density at radius 3 is 2.26 bits per heavy atom. The number of amides is 4. The Balaban J connectivity index is 1.95. The third-order valence-electron chi connectivity index (χ3n) is 5.01. The van der Waals surface area contributed by atoms with Gasteiger partial charge in [-0.3, -0.25) is 4.79 Å². The summed E-state index contributed by atoms with van der Waals surface area (Å²) >= 11 is 0. The molecule has 0 radical (unpaired) electrons. The topological polar surface area (TPSA) is 99.8 Å². The lowest BCUT2D eigenvalue weighted by Crippen LogP contribution is -2.57. The van der Waals surface area contributed by atoms with Crippen molar-refractivity contribution in [3.63, 3.8) is 0 Å². The molecule has 0 aliphatic carbocycles. The fourth-order valence-corrected chi connectivity index (χ4v) is 3.48. The molecule has 4 amide bonds. The van der Waals surface area contributed by atoms with Gasteiger partial charge in [-0.2, -0.15) is 0 Å². The van der Waals surface area contributed by atoms with Crippen LogP contribution in [0.15, 0.2) is 24.3 Å². The summed E-state index contributed by atoms with van der Waals surface area (Å²) in [6.07, 6.45) is 0.322. The van der Waals surface area contributed by atoms with E-state index in [2.05, 4.69) is 16.0 Å². The van der Waals surface area contributed by atoms with Gasteiger partial charge in [-0.1, -0.05) is 13.8 Å². The van der Waals surface area contributed by atoms with E-state index in [9.17, 15) is 14.4 Å². The van der Waals surface area contributed by atoms with Crippen LogP contribution < -0.4 is 16.0 Å². The molecule has 1 aliphatic rings. The van der Waals surface area contributed by atoms with Crippen molar-refractivity contribution < 1.29 is 19.1 Å². The summed E-state index contributed by atoms with van der Waals surface area (Å²) < 4.78 is 5.48.